The highest BCUT2D eigenvalue weighted by Crippen LogP contribution is 2.46. The number of nitrogens with one attached hydrogen (secondary N) is 2. The predicted octanol–water partition coefficient (Wildman–Crippen LogP) is 1.88. The molecule has 0 radical (unpaired) electrons. The van der Waals surface area contributed by atoms with E-state index in [1.54, 1.807) is 6.92 Å². The van der Waals surface area contributed by atoms with Crippen molar-refractivity contribution in [3.8, 4) is 5.75 Å². The molecule has 0 unspecified atom stereocenters. The Hall–Kier alpha value is -3.63. The first kappa shape index (κ1) is 22.2. The van der Waals surface area contributed by atoms with Crippen LogP contribution in [0.5, 0.6) is 5.75 Å². The third kappa shape index (κ3) is 3.84. The maximum atomic E-state index is 15.2. The smallest absolute Gasteiger partial charge is 0.344 e. The summed E-state index contributed by atoms with van der Waals surface area (Å²) in [5, 5.41) is 3.17. The highest BCUT2D eigenvalue weighted by atomic mass is 19.1. The number of esters is 2. The average Bonchev–Trinajstić information content (AvgIpc) is 3.09. The number of aromatic nitrogens is 2. The minimum atomic E-state index is -1.10. The number of aromatic amines is 1. The first-order chi connectivity index (χ1) is 16.4. The summed E-state index contributed by atoms with van der Waals surface area (Å²) in [5.74, 6) is -0.739. The Bertz CT molecular complexity index is 1200. The molecule has 1 fully saturated rings. The number of hydrogen-bond donors (Lipinski definition) is 2. The number of piperidine rings is 1. The van der Waals surface area contributed by atoms with Gasteiger partial charge in [-0.05, 0) is 25.8 Å². The van der Waals surface area contributed by atoms with Gasteiger partial charge in [0, 0.05) is 44.1 Å². The van der Waals surface area contributed by atoms with E-state index in [-0.39, 0.29) is 35.6 Å². The summed E-state index contributed by atoms with van der Waals surface area (Å²) in [7, 11) is 0. The average molecular weight is 472 g/mol. The van der Waals surface area contributed by atoms with Gasteiger partial charge in [-0.3, -0.25) is 9.78 Å². The zero-order valence-corrected chi connectivity index (χ0v) is 18.7. The van der Waals surface area contributed by atoms with Crippen molar-refractivity contribution >= 4 is 23.7 Å². The number of carbonyl (C=O) groups is 2. The Morgan fingerprint density at radius 1 is 1.29 bits per heavy atom. The second-order valence-corrected chi connectivity index (χ2v) is 8.54. The van der Waals surface area contributed by atoms with Gasteiger partial charge in [0.15, 0.2) is 6.61 Å². The van der Waals surface area contributed by atoms with Crippen molar-refractivity contribution in [2.75, 3.05) is 43.1 Å². The molecule has 11 heteroatoms. The summed E-state index contributed by atoms with van der Waals surface area (Å²) in [5.41, 5.74) is -0.304. The molecule has 2 N–H and O–H groups in total. The lowest BCUT2D eigenvalue weighted by atomic mass is 9.83. The lowest BCUT2D eigenvalue weighted by Crippen LogP contribution is -2.44. The molecule has 0 saturated carbocycles. The number of ether oxygens (including phenoxy) is 3. The molecule has 1 spiro atoms. The first-order valence-electron chi connectivity index (χ1n) is 11.4. The third-order valence-corrected chi connectivity index (χ3v) is 6.46. The number of anilines is 2. The van der Waals surface area contributed by atoms with Gasteiger partial charge in [0.05, 0.1) is 17.7 Å². The van der Waals surface area contributed by atoms with Crippen molar-refractivity contribution in [2.45, 2.75) is 38.2 Å². The Balaban J connectivity index is 1.35. The summed E-state index contributed by atoms with van der Waals surface area (Å²) in [6.07, 6.45) is 2.24. The van der Waals surface area contributed by atoms with Gasteiger partial charge < -0.3 is 24.4 Å². The maximum Gasteiger partial charge on any atom is 0.344 e. The SMILES string of the molecule is CCOC(=O)COc1cc(F)c2c(c1)C(=O)OC21CCN(c2nc3c(c(=O)[nH]2)CCCN3)CC1. The molecule has 1 saturated heterocycles. The summed E-state index contributed by atoms with van der Waals surface area (Å²) in [6.45, 7) is 3.08. The second-order valence-electron chi connectivity index (χ2n) is 8.54. The number of benzene rings is 1. The van der Waals surface area contributed by atoms with Crippen LogP contribution in [-0.4, -0.2) is 54.8 Å². The molecule has 0 bridgehead atoms. The van der Waals surface area contributed by atoms with Crippen LogP contribution in [0.15, 0.2) is 16.9 Å². The number of H-pyrrole nitrogens is 1. The summed E-state index contributed by atoms with van der Waals surface area (Å²) < 4.78 is 31.0. The van der Waals surface area contributed by atoms with Crippen LogP contribution in [0, 0.1) is 5.82 Å². The van der Waals surface area contributed by atoms with Crippen LogP contribution < -0.4 is 20.5 Å². The van der Waals surface area contributed by atoms with E-state index in [0.717, 1.165) is 19.0 Å². The minimum Gasteiger partial charge on any atom is -0.482 e. The zero-order chi connectivity index (χ0) is 23.9. The molecule has 0 aliphatic carbocycles. The van der Waals surface area contributed by atoms with E-state index in [1.165, 1.54) is 6.07 Å². The molecule has 34 heavy (non-hydrogen) atoms. The summed E-state index contributed by atoms with van der Waals surface area (Å²) >= 11 is 0. The fraction of sp³-hybridized carbons (Fsp3) is 0.478. The quantitative estimate of drug-likeness (QED) is 0.628. The molecule has 180 valence electrons. The van der Waals surface area contributed by atoms with E-state index in [9.17, 15) is 14.4 Å². The van der Waals surface area contributed by atoms with E-state index >= 15 is 4.39 Å². The largest absolute Gasteiger partial charge is 0.482 e. The first-order valence-corrected chi connectivity index (χ1v) is 11.4. The molecule has 3 aliphatic heterocycles. The van der Waals surface area contributed by atoms with Gasteiger partial charge in [-0.15, -0.1) is 0 Å². The Labute approximate surface area is 194 Å². The van der Waals surface area contributed by atoms with Gasteiger partial charge >= 0.3 is 11.9 Å². The zero-order valence-electron chi connectivity index (χ0n) is 18.7. The molecular weight excluding hydrogens is 447 g/mol. The van der Waals surface area contributed by atoms with Crippen molar-refractivity contribution in [3.05, 3.63) is 45.0 Å². The van der Waals surface area contributed by atoms with Gasteiger partial charge in [-0.2, -0.15) is 4.98 Å². The van der Waals surface area contributed by atoms with Crippen molar-refractivity contribution in [1.82, 2.24) is 9.97 Å². The fourth-order valence-corrected chi connectivity index (χ4v) is 4.84. The third-order valence-electron chi connectivity index (χ3n) is 6.46. The highest BCUT2D eigenvalue weighted by molar-refractivity contribution is 5.95. The number of nitrogens with zero attached hydrogens (tertiary/aromatic N) is 2. The van der Waals surface area contributed by atoms with Gasteiger partial charge in [0.2, 0.25) is 5.95 Å². The number of carbonyl (C=O) groups excluding carboxylic acids is 2. The van der Waals surface area contributed by atoms with Crippen LogP contribution >= 0.6 is 0 Å². The maximum absolute atomic E-state index is 15.2. The second kappa shape index (κ2) is 8.62. The summed E-state index contributed by atoms with van der Waals surface area (Å²) in [6, 6.07) is 2.55. The van der Waals surface area contributed by atoms with Crippen LogP contribution in [0.25, 0.3) is 0 Å². The van der Waals surface area contributed by atoms with Gasteiger partial charge in [0.25, 0.3) is 5.56 Å². The lowest BCUT2D eigenvalue weighted by Gasteiger charge is -2.39. The van der Waals surface area contributed by atoms with Gasteiger partial charge in [0.1, 0.15) is 23.0 Å². The Kier molecular flexibility index (Phi) is 5.62. The lowest BCUT2D eigenvalue weighted by molar-refractivity contribution is -0.145. The van der Waals surface area contributed by atoms with Crippen molar-refractivity contribution in [3.63, 3.8) is 0 Å². The number of hydrogen-bond acceptors (Lipinski definition) is 9. The van der Waals surface area contributed by atoms with E-state index < -0.39 is 23.4 Å². The highest BCUT2D eigenvalue weighted by Gasteiger charge is 2.50. The normalized spacial score (nSPS) is 18.1. The molecule has 2 aromatic rings. The van der Waals surface area contributed by atoms with E-state index in [2.05, 4.69) is 15.3 Å². The molecule has 10 nitrogen and oxygen atoms in total. The van der Waals surface area contributed by atoms with E-state index in [4.69, 9.17) is 14.2 Å². The van der Waals surface area contributed by atoms with E-state index in [1.807, 2.05) is 4.90 Å². The van der Waals surface area contributed by atoms with Crippen LogP contribution in [0.1, 0.15) is 47.7 Å². The molecule has 0 atom stereocenters. The number of halogens is 1. The molecular formula is C23H25FN4O6. The molecule has 1 aromatic heterocycles. The monoisotopic (exact) mass is 472 g/mol. The van der Waals surface area contributed by atoms with Crippen LogP contribution in [0.4, 0.5) is 16.2 Å². The Morgan fingerprint density at radius 2 is 2.09 bits per heavy atom. The number of fused-ring (bicyclic) bond motifs is 3. The van der Waals surface area contributed by atoms with Gasteiger partial charge in [-0.25, -0.2) is 14.0 Å². The van der Waals surface area contributed by atoms with Gasteiger partial charge in [-0.1, -0.05) is 0 Å². The van der Waals surface area contributed by atoms with Crippen LogP contribution in [-0.2, 0) is 26.3 Å². The molecule has 5 rings (SSSR count). The standard InChI is InChI=1S/C23H25FN4O6/c1-2-32-17(29)12-33-13-10-15-18(16(24)11-13)23(34-21(15)31)5-8-28(9-6-23)22-26-19-14(20(30)27-22)4-3-7-25-19/h10-11H,2-9,12H2,1H3,(H2,25,26,27,30). The molecule has 0 amide bonds. The summed E-state index contributed by atoms with van der Waals surface area (Å²) in [4.78, 5) is 45.9. The van der Waals surface area contributed by atoms with Crippen molar-refractivity contribution < 1.29 is 28.2 Å². The van der Waals surface area contributed by atoms with E-state index in [0.29, 0.717) is 49.7 Å². The number of rotatable bonds is 5. The molecule has 1 aromatic carbocycles. The molecule has 4 heterocycles. The predicted molar refractivity (Wildman–Crippen MR) is 119 cm³/mol. The minimum absolute atomic E-state index is 0.0547. The fourth-order valence-electron chi connectivity index (χ4n) is 4.84. The van der Waals surface area contributed by atoms with Crippen LogP contribution in [0.2, 0.25) is 0 Å². The van der Waals surface area contributed by atoms with Crippen molar-refractivity contribution in [1.29, 1.82) is 0 Å². The van der Waals surface area contributed by atoms with Crippen molar-refractivity contribution in [2.24, 2.45) is 0 Å². The molecule has 3 aliphatic rings. The van der Waals surface area contributed by atoms with Crippen LogP contribution in [0.3, 0.4) is 0 Å². The topological polar surface area (TPSA) is 123 Å². The Morgan fingerprint density at radius 3 is 2.85 bits per heavy atom.